The summed E-state index contributed by atoms with van der Waals surface area (Å²) < 4.78 is 36.3. The van der Waals surface area contributed by atoms with Crippen LogP contribution in [0.2, 0.25) is 0 Å². The molecule has 0 amide bonds. The van der Waals surface area contributed by atoms with Crippen LogP contribution in [0.1, 0.15) is 51.9 Å². The summed E-state index contributed by atoms with van der Waals surface area (Å²) in [5.41, 5.74) is 0. The van der Waals surface area contributed by atoms with Crippen LogP contribution in [-0.4, -0.2) is 31.8 Å². The van der Waals surface area contributed by atoms with Gasteiger partial charge in [0.2, 0.25) is 0 Å². The number of alkyl halides is 3. The second-order valence-electron chi connectivity index (χ2n) is 5.51. The van der Waals surface area contributed by atoms with Crippen molar-refractivity contribution in [3.05, 3.63) is 0 Å². The van der Waals surface area contributed by atoms with E-state index in [-0.39, 0.29) is 6.54 Å². The zero-order chi connectivity index (χ0) is 15.0. The minimum atomic E-state index is -4.12. The first kappa shape index (κ1) is 17.1. The molecule has 1 saturated carbocycles. The highest BCUT2D eigenvalue weighted by molar-refractivity contribution is 5.79. The zero-order valence-electron chi connectivity index (χ0n) is 12.4. The van der Waals surface area contributed by atoms with E-state index in [4.69, 9.17) is 0 Å². The molecule has 0 radical (unpaired) electrons. The Bertz CT molecular complexity index is 295. The monoisotopic (exact) mass is 293 g/mol. The Hall–Kier alpha value is -0.940. The Morgan fingerprint density at radius 2 is 1.85 bits per heavy atom. The van der Waals surface area contributed by atoms with E-state index in [1.54, 1.807) is 7.05 Å². The summed E-state index contributed by atoms with van der Waals surface area (Å²) in [6, 6.07) is 0.334. The molecule has 2 N–H and O–H groups in total. The van der Waals surface area contributed by atoms with Crippen molar-refractivity contribution in [3.63, 3.8) is 0 Å². The number of hydrogen-bond donors (Lipinski definition) is 2. The van der Waals surface area contributed by atoms with Crippen molar-refractivity contribution in [2.24, 2.45) is 10.9 Å². The number of nitrogens with one attached hydrogen (secondary N) is 2. The highest BCUT2D eigenvalue weighted by Crippen LogP contribution is 2.27. The summed E-state index contributed by atoms with van der Waals surface area (Å²) >= 11 is 0. The van der Waals surface area contributed by atoms with Crippen LogP contribution in [0.5, 0.6) is 0 Å². The fourth-order valence-corrected chi connectivity index (χ4v) is 2.71. The van der Waals surface area contributed by atoms with Gasteiger partial charge in [-0.05, 0) is 31.6 Å². The Labute approximate surface area is 119 Å². The van der Waals surface area contributed by atoms with Gasteiger partial charge in [-0.3, -0.25) is 4.99 Å². The van der Waals surface area contributed by atoms with E-state index in [9.17, 15) is 13.2 Å². The first-order valence-corrected chi connectivity index (χ1v) is 7.48. The highest BCUT2D eigenvalue weighted by atomic mass is 19.4. The molecule has 0 heterocycles. The third-order valence-electron chi connectivity index (χ3n) is 3.81. The molecule has 1 aliphatic carbocycles. The summed E-state index contributed by atoms with van der Waals surface area (Å²) in [5.74, 6) is 1.30. The van der Waals surface area contributed by atoms with Crippen molar-refractivity contribution in [2.45, 2.75) is 64.1 Å². The lowest BCUT2D eigenvalue weighted by Gasteiger charge is -2.30. The van der Waals surface area contributed by atoms with E-state index < -0.39 is 12.6 Å². The third kappa shape index (κ3) is 7.01. The van der Waals surface area contributed by atoms with E-state index in [1.165, 1.54) is 25.7 Å². The lowest BCUT2D eigenvalue weighted by Crippen LogP contribution is -2.45. The molecule has 0 bridgehead atoms. The first-order chi connectivity index (χ1) is 9.44. The van der Waals surface area contributed by atoms with Gasteiger partial charge in [0.25, 0.3) is 0 Å². The molecule has 1 aliphatic rings. The van der Waals surface area contributed by atoms with Crippen molar-refractivity contribution < 1.29 is 13.2 Å². The Morgan fingerprint density at radius 1 is 1.20 bits per heavy atom. The van der Waals surface area contributed by atoms with E-state index >= 15 is 0 Å². The van der Waals surface area contributed by atoms with E-state index in [2.05, 4.69) is 22.5 Å². The number of nitrogens with zero attached hydrogens (tertiary/aromatic N) is 1. The molecule has 0 aromatic rings. The summed E-state index contributed by atoms with van der Waals surface area (Å²) in [6.07, 6.45) is 2.10. The molecule has 6 heteroatoms. The molecular weight excluding hydrogens is 267 g/mol. The van der Waals surface area contributed by atoms with E-state index in [1.807, 2.05) is 0 Å². The SMILES string of the molecule is CCCC1CCC(NC(=NC)NCCC(F)(F)F)CC1. The quantitative estimate of drug-likeness (QED) is 0.601. The molecule has 0 aromatic carbocycles. The van der Waals surface area contributed by atoms with Crippen LogP contribution in [-0.2, 0) is 0 Å². The normalized spacial score (nSPS) is 24.6. The molecule has 0 spiro atoms. The summed E-state index contributed by atoms with van der Waals surface area (Å²) in [5, 5.41) is 5.95. The van der Waals surface area contributed by atoms with Gasteiger partial charge in [0.05, 0.1) is 6.42 Å². The molecule has 0 atom stereocenters. The molecule has 0 aromatic heterocycles. The molecule has 0 unspecified atom stereocenters. The van der Waals surface area contributed by atoms with Crippen molar-refractivity contribution >= 4 is 5.96 Å². The number of halogens is 3. The fourth-order valence-electron chi connectivity index (χ4n) is 2.71. The van der Waals surface area contributed by atoms with Crippen LogP contribution >= 0.6 is 0 Å². The van der Waals surface area contributed by atoms with Crippen LogP contribution in [0.4, 0.5) is 13.2 Å². The van der Waals surface area contributed by atoms with Gasteiger partial charge in [0, 0.05) is 19.6 Å². The van der Waals surface area contributed by atoms with Crippen LogP contribution in [0.15, 0.2) is 4.99 Å². The molecule has 20 heavy (non-hydrogen) atoms. The zero-order valence-corrected chi connectivity index (χ0v) is 12.4. The van der Waals surface area contributed by atoms with Crippen LogP contribution < -0.4 is 10.6 Å². The number of aliphatic imine (C=N–C) groups is 1. The van der Waals surface area contributed by atoms with E-state index in [0.717, 1.165) is 18.8 Å². The van der Waals surface area contributed by atoms with Crippen LogP contribution in [0, 0.1) is 5.92 Å². The molecule has 0 aliphatic heterocycles. The predicted molar refractivity (Wildman–Crippen MR) is 75.8 cm³/mol. The Kier molecular flexibility index (Phi) is 7.16. The average molecular weight is 293 g/mol. The number of guanidine groups is 1. The Balaban J connectivity index is 2.25. The van der Waals surface area contributed by atoms with Gasteiger partial charge in [-0.2, -0.15) is 13.2 Å². The van der Waals surface area contributed by atoms with Crippen molar-refractivity contribution in [1.29, 1.82) is 0 Å². The highest BCUT2D eigenvalue weighted by Gasteiger charge is 2.26. The minimum absolute atomic E-state index is 0.131. The smallest absolute Gasteiger partial charge is 0.356 e. The maximum atomic E-state index is 12.1. The molecule has 1 fully saturated rings. The second kappa shape index (κ2) is 8.37. The fraction of sp³-hybridized carbons (Fsp3) is 0.929. The summed E-state index contributed by atoms with van der Waals surface area (Å²) in [6.45, 7) is 2.07. The first-order valence-electron chi connectivity index (χ1n) is 7.48. The number of rotatable bonds is 5. The van der Waals surface area contributed by atoms with Crippen molar-refractivity contribution in [3.8, 4) is 0 Å². The summed E-state index contributed by atoms with van der Waals surface area (Å²) in [4.78, 5) is 3.98. The largest absolute Gasteiger partial charge is 0.390 e. The average Bonchev–Trinajstić information content (AvgIpc) is 2.38. The molecule has 0 saturated heterocycles. The molecular formula is C14H26F3N3. The maximum absolute atomic E-state index is 12.1. The van der Waals surface area contributed by atoms with Crippen molar-refractivity contribution in [2.75, 3.05) is 13.6 Å². The molecule has 118 valence electrons. The van der Waals surface area contributed by atoms with Crippen LogP contribution in [0.3, 0.4) is 0 Å². The standard InChI is InChI=1S/C14H26F3N3/c1-3-4-11-5-7-12(8-6-11)20-13(18-2)19-10-9-14(15,16)17/h11-12H,3-10H2,1-2H3,(H2,18,19,20). The summed E-state index contributed by atoms with van der Waals surface area (Å²) in [7, 11) is 1.59. The number of hydrogen-bond acceptors (Lipinski definition) is 1. The van der Waals surface area contributed by atoms with Gasteiger partial charge in [-0.15, -0.1) is 0 Å². The van der Waals surface area contributed by atoms with E-state index in [0.29, 0.717) is 12.0 Å². The Morgan fingerprint density at radius 3 is 2.35 bits per heavy atom. The second-order valence-corrected chi connectivity index (χ2v) is 5.51. The maximum Gasteiger partial charge on any atom is 0.390 e. The molecule has 1 rings (SSSR count). The van der Waals surface area contributed by atoms with Gasteiger partial charge in [0.15, 0.2) is 5.96 Å². The van der Waals surface area contributed by atoms with Gasteiger partial charge in [-0.1, -0.05) is 19.8 Å². The minimum Gasteiger partial charge on any atom is -0.356 e. The van der Waals surface area contributed by atoms with Crippen LogP contribution in [0.25, 0.3) is 0 Å². The van der Waals surface area contributed by atoms with Crippen molar-refractivity contribution in [1.82, 2.24) is 10.6 Å². The lowest BCUT2D eigenvalue weighted by molar-refractivity contribution is -0.132. The van der Waals surface area contributed by atoms with Gasteiger partial charge < -0.3 is 10.6 Å². The third-order valence-corrected chi connectivity index (χ3v) is 3.81. The lowest BCUT2D eigenvalue weighted by atomic mass is 9.83. The topological polar surface area (TPSA) is 36.4 Å². The van der Waals surface area contributed by atoms with Gasteiger partial charge in [-0.25, -0.2) is 0 Å². The van der Waals surface area contributed by atoms with Gasteiger partial charge in [0.1, 0.15) is 0 Å². The molecule has 3 nitrogen and oxygen atoms in total. The predicted octanol–water partition coefficient (Wildman–Crippen LogP) is 3.46. The van der Waals surface area contributed by atoms with Gasteiger partial charge >= 0.3 is 6.18 Å².